The number of pyridine rings is 1. The smallest absolute Gasteiger partial charge is 0.153 e. The molecule has 0 saturated carbocycles. The maximum absolute atomic E-state index is 6.12. The van der Waals surface area contributed by atoms with E-state index in [4.69, 9.17) is 4.74 Å². The normalized spacial score (nSPS) is 10.8. The highest BCUT2D eigenvalue weighted by atomic mass is 16.5. The monoisotopic (exact) mass is 327 g/mol. The zero-order valence-corrected chi connectivity index (χ0v) is 13.9. The molecule has 4 aromatic rings. The lowest BCUT2D eigenvalue weighted by Gasteiger charge is -2.13. The molecule has 0 aliphatic rings. The van der Waals surface area contributed by atoms with Gasteiger partial charge in [0.15, 0.2) is 5.75 Å². The van der Waals surface area contributed by atoms with Crippen molar-refractivity contribution < 1.29 is 4.74 Å². The molecule has 0 saturated heterocycles. The second kappa shape index (κ2) is 6.24. The predicted molar refractivity (Wildman–Crippen MR) is 100 cm³/mol. The number of aromatic nitrogens is 3. The van der Waals surface area contributed by atoms with Gasteiger partial charge in [0.2, 0.25) is 0 Å². The average molecular weight is 327 g/mol. The van der Waals surface area contributed by atoms with Gasteiger partial charge >= 0.3 is 0 Å². The Balaban J connectivity index is 1.76. The molecule has 4 nitrogen and oxygen atoms in total. The van der Waals surface area contributed by atoms with Crippen molar-refractivity contribution in [3.05, 3.63) is 85.3 Å². The molecule has 0 N–H and O–H groups in total. The first-order chi connectivity index (χ1) is 12.2. The Bertz CT molecular complexity index is 1070. The van der Waals surface area contributed by atoms with E-state index in [1.807, 2.05) is 72.3 Å². The minimum Gasteiger partial charge on any atom is -0.453 e. The van der Waals surface area contributed by atoms with Gasteiger partial charge in [-0.3, -0.25) is 4.98 Å². The largest absolute Gasteiger partial charge is 0.453 e. The summed E-state index contributed by atoms with van der Waals surface area (Å²) < 4.78 is 7.96. The van der Waals surface area contributed by atoms with Gasteiger partial charge in [0.05, 0.1) is 23.6 Å². The Hall–Kier alpha value is -3.40. The van der Waals surface area contributed by atoms with E-state index in [0.29, 0.717) is 11.5 Å². The maximum Gasteiger partial charge on any atom is 0.153 e. The van der Waals surface area contributed by atoms with Crippen molar-refractivity contribution in [3.63, 3.8) is 0 Å². The molecule has 122 valence electrons. The molecule has 4 heteroatoms. The second-order valence-corrected chi connectivity index (χ2v) is 5.84. The molecule has 25 heavy (non-hydrogen) atoms. The van der Waals surface area contributed by atoms with Crippen LogP contribution in [0.15, 0.2) is 79.6 Å². The first-order valence-corrected chi connectivity index (χ1v) is 8.04. The number of allylic oxidation sites excluding steroid dienone is 1. The van der Waals surface area contributed by atoms with Crippen LogP contribution in [0.3, 0.4) is 0 Å². The van der Waals surface area contributed by atoms with Crippen molar-refractivity contribution in [3.8, 4) is 17.2 Å². The molecule has 0 amide bonds. The number of para-hydroxylation sites is 3. The van der Waals surface area contributed by atoms with Gasteiger partial charge in [0, 0.05) is 5.39 Å². The summed E-state index contributed by atoms with van der Waals surface area (Å²) in [5.41, 5.74) is 3.70. The number of ether oxygens (including phenoxy) is 1. The van der Waals surface area contributed by atoms with Gasteiger partial charge in [0.1, 0.15) is 11.4 Å². The summed E-state index contributed by atoms with van der Waals surface area (Å²) in [4.78, 5) is 4.45. The highest BCUT2D eigenvalue weighted by molar-refractivity contribution is 5.79. The fourth-order valence-electron chi connectivity index (χ4n) is 2.77. The van der Waals surface area contributed by atoms with Crippen LogP contribution in [-0.2, 0) is 0 Å². The van der Waals surface area contributed by atoms with Crippen LogP contribution < -0.4 is 4.74 Å². The van der Waals surface area contributed by atoms with Gasteiger partial charge in [-0.2, -0.15) is 5.10 Å². The van der Waals surface area contributed by atoms with Crippen molar-refractivity contribution >= 4 is 16.5 Å². The van der Waals surface area contributed by atoms with E-state index in [9.17, 15) is 0 Å². The number of fused-ring (bicyclic) bond motifs is 1. The van der Waals surface area contributed by atoms with Gasteiger partial charge in [-0.15, -0.1) is 0 Å². The molecule has 0 spiro atoms. The van der Waals surface area contributed by atoms with Crippen molar-refractivity contribution in [1.29, 1.82) is 0 Å². The highest BCUT2D eigenvalue weighted by Crippen LogP contribution is 2.30. The lowest BCUT2D eigenvalue weighted by molar-refractivity contribution is 0.476. The van der Waals surface area contributed by atoms with E-state index in [1.165, 1.54) is 0 Å². The van der Waals surface area contributed by atoms with Crippen LogP contribution in [0.1, 0.15) is 12.6 Å². The van der Waals surface area contributed by atoms with Crippen molar-refractivity contribution in [1.82, 2.24) is 14.8 Å². The molecule has 0 aliphatic carbocycles. The van der Waals surface area contributed by atoms with Crippen LogP contribution in [0.25, 0.3) is 22.2 Å². The number of rotatable bonds is 4. The zero-order valence-electron chi connectivity index (χ0n) is 13.9. The number of benzene rings is 2. The molecular weight excluding hydrogens is 310 g/mol. The standard InChI is InChI=1S/C21H17N3O/c1-15(2)19-11-12-23-24(19)20-9-5-6-10-21(20)25-17-13-16-7-3-4-8-18(16)22-14-17/h3-14H,1H2,2H3. The van der Waals surface area contributed by atoms with Crippen molar-refractivity contribution in [2.75, 3.05) is 0 Å². The predicted octanol–water partition coefficient (Wildman–Crippen LogP) is 5.25. The fraction of sp³-hybridized carbons (Fsp3) is 0.0476. The van der Waals surface area contributed by atoms with E-state index in [1.54, 1.807) is 12.4 Å². The van der Waals surface area contributed by atoms with Crippen LogP contribution in [-0.4, -0.2) is 14.8 Å². The first kappa shape index (κ1) is 15.1. The summed E-state index contributed by atoms with van der Waals surface area (Å²) in [6.45, 7) is 5.98. The molecular formula is C21H17N3O. The minimum atomic E-state index is 0.690. The highest BCUT2D eigenvalue weighted by Gasteiger charge is 2.12. The Kier molecular flexibility index (Phi) is 3.78. The summed E-state index contributed by atoms with van der Waals surface area (Å²) in [6.07, 6.45) is 3.50. The van der Waals surface area contributed by atoms with E-state index in [0.717, 1.165) is 27.9 Å². The molecule has 2 aromatic carbocycles. The Morgan fingerprint density at radius 3 is 2.72 bits per heavy atom. The molecule has 0 fully saturated rings. The summed E-state index contributed by atoms with van der Waals surface area (Å²) in [6, 6.07) is 19.7. The Labute approximate surface area is 146 Å². The van der Waals surface area contributed by atoms with Crippen LogP contribution >= 0.6 is 0 Å². The van der Waals surface area contributed by atoms with Gasteiger partial charge in [-0.25, -0.2) is 4.68 Å². The number of hydrogen-bond acceptors (Lipinski definition) is 3. The van der Waals surface area contributed by atoms with Gasteiger partial charge in [-0.05, 0) is 42.8 Å². The summed E-state index contributed by atoms with van der Waals surface area (Å²) >= 11 is 0. The van der Waals surface area contributed by atoms with E-state index >= 15 is 0 Å². The van der Waals surface area contributed by atoms with Gasteiger partial charge in [-0.1, -0.05) is 36.9 Å². The van der Waals surface area contributed by atoms with E-state index in [2.05, 4.69) is 16.7 Å². The fourth-order valence-corrected chi connectivity index (χ4v) is 2.77. The molecule has 4 rings (SSSR count). The molecule has 2 heterocycles. The third kappa shape index (κ3) is 2.90. The Morgan fingerprint density at radius 2 is 1.84 bits per heavy atom. The van der Waals surface area contributed by atoms with E-state index in [-0.39, 0.29) is 0 Å². The summed E-state index contributed by atoms with van der Waals surface area (Å²) in [5, 5.41) is 5.46. The summed E-state index contributed by atoms with van der Waals surface area (Å²) in [5.74, 6) is 1.40. The van der Waals surface area contributed by atoms with Crippen molar-refractivity contribution in [2.45, 2.75) is 6.92 Å². The first-order valence-electron chi connectivity index (χ1n) is 8.04. The lowest BCUT2D eigenvalue weighted by atomic mass is 10.2. The molecule has 0 radical (unpaired) electrons. The number of nitrogens with zero attached hydrogens (tertiary/aromatic N) is 3. The van der Waals surface area contributed by atoms with Crippen LogP contribution in [0.5, 0.6) is 11.5 Å². The molecule has 2 aromatic heterocycles. The van der Waals surface area contributed by atoms with Crippen molar-refractivity contribution in [2.24, 2.45) is 0 Å². The number of hydrogen-bond donors (Lipinski definition) is 0. The van der Waals surface area contributed by atoms with Gasteiger partial charge in [0.25, 0.3) is 0 Å². The molecule has 0 unspecified atom stereocenters. The van der Waals surface area contributed by atoms with Crippen LogP contribution in [0.4, 0.5) is 0 Å². The van der Waals surface area contributed by atoms with Gasteiger partial charge < -0.3 is 4.74 Å². The third-order valence-corrected chi connectivity index (χ3v) is 3.97. The second-order valence-electron chi connectivity index (χ2n) is 5.84. The molecule has 0 aliphatic heterocycles. The topological polar surface area (TPSA) is 39.9 Å². The maximum atomic E-state index is 6.12. The zero-order chi connectivity index (χ0) is 17.2. The summed E-state index contributed by atoms with van der Waals surface area (Å²) in [7, 11) is 0. The van der Waals surface area contributed by atoms with E-state index < -0.39 is 0 Å². The average Bonchev–Trinajstić information content (AvgIpc) is 3.12. The van der Waals surface area contributed by atoms with Crippen LogP contribution in [0, 0.1) is 0 Å². The third-order valence-electron chi connectivity index (χ3n) is 3.97. The quantitative estimate of drug-likeness (QED) is 0.514. The SMILES string of the molecule is C=C(C)c1ccnn1-c1ccccc1Oc1cnc2ccccc2c1. The molecule has 0 atom stereocenters. The minimum absolute atomic E-state index is 0.690. The lowest BCUT2D eigenvalue weighted by Crippen LogP contribution is -2.02. The molecule has 0 bridgehead atoms. The Morgan fingerprint density at radius 1 is 1.04 bits per heavy atom. The van der Waals surface area contributed by atoms with Crippen LogP contribution in [0.2, 0.25) is 0 Å².